The van der Waals surface area contributed by atoms with E-state index in [4.69, 9.17) is 0 Å². The van der Waals surface area contributed by atoms with Crippen molar-refractivity contribution in [3.05, 3.63) is 0 Å². The van der Waals surface area contributed by atoms with Gasteiger partial charge in [-0.15, -0.1) is 0 Å². The Kier molecular flexibility index (Phi) is 5.09. The largest absolute Gasteiger partial charge is 0.352 e. The summed E-state index contributed by atoms with van der Waals surface area (Å²) in [4.78, 5) is 11.9. The molecule has 1 aliphatic rings. The molecule has 2 atom stereocenters. The minimum atomic E-state index is 0.194. The van der Waals surface area contributed by atoms with Crippen molar-refractivity contribution in [2.75, 3.05) is 6.54 Å². The van der Waals surface area contributed by atoms with E-state index in [9.17, 15) is 4.79 Å². The Labute approximate surface area is 93.0 Å². The standard InChI is InChI=1S/C12H24N2O/c1-4-10(5-2)12(15)14-11-7-6-8-13-9(11)3/h9-11,13H,4-8H2,1-3H3,(H,14,15). The average Bonchev–Trinajstić information content (AvgIpc) is 2.23. The SMILES string of the molecule is CCC(CC)C(=O)NC1CCCNC1C. The number of carbonyl (C=O) groups is 1. The number of amides is 1. The van der Waals surface area contributed by atoms with Crippen LogP contribution in [0.25, 0.3) is 0 Å². The van der Waals surface area contributed by atoms with E-state index in [0.29, 0.717) is 12.1 Å². The van der Waals surface area contributed by atoms with Crippen LogP contribution in [0.4, 0.5) is 0 Å². The second-order valence-electron chi connectivity index (χ2n) is 4.51. The summed E-state index contributed by atoms with van der Waals surface area (Å²) >= 11 is 0. The summed E-state index contributed by atoms with van der Waals surface area (Å²) in [5.74, 6) is 0.430. The Morgan fingerprint density at radius 1 is 1.47 bits per heavy atom. The Balaban J connectivity index is 2.41. The second-order valence-corrected chi connectivity index (χ2v) is 4.51. The van der Waals surface area contributed by atoms with Crippen LogP contribution in [0.5, 0.6) is 0 Å². The van der Waals surface area contributed by atoms with Crippen molar-refractivity contribution in [2.45, 2.75) is 58.5 Å². The van der Waals surface area contributed by atoms with Crippen LogP contribution in [0.1, 0.15) is 46.5 Å². The molecule has 0 bridgehead atoms. The van der Waals surface area contributed by atoms with Crippen LogP contribution in [0.2, 0.25) is 0 Å². The highest BCUT2D eigenvalue weighted by Crippen LogP contribution is 2.12. The van der Waals surface area contributed by atoms with Crippen molar-refractivity contribution < 1.29 is 4.79 Å². The first-order chi connectivity index (χ1) is 7.19. The van der Waals surface area contributed by atoms with Gasteiger partial charge in [0.2, 0.25) is 5.91 Å². The summed E-state index contributed by atoms with van der Waals surface area (Å²) in [7, 11) is 0. The monoisotopic (exact) mass is 212 g/mol. The molecule has 1 rings (SSSR count). The van der Waals surface area contributed by atoms with Crippen LogP contribution in [-0.4, -0.2) is 24.5 Å². The van der Waals surface area contributed by atoms with Gasteiger partial charge in [0.15, 0.2) is 0 Å². The zero-order valence-electron chi connectivity index (χ0n) is 10.2. The maximum atomic E-state index is 11.9. The number of hydrogen-bond acceptors (Lipinski definition) is 2. The van der Waals surface area contributed by atoms with Gasteiger partial charge in [-0.25, -0.2) is 0 Å². The number of rotatable bonds is 4. The smallest absolute Gasteiger partial charge is 0.223 e. The molecule has 0 aromatic rings. The topological polar surface area (TPSA) is 41.1 Å². The van der Waals surface area contributed by atoms with Gasteiger partial charge in [-0.05, 0) is 39.2 Å². The lowest BCUT2D eigenvalue weighted by Crippen LogP contribution is -2.53. The first kappa shape index (κ1) is 12.5. The van der Waals surface area contributed by atoms with Gasteiger partial charge in [0.05, 0.1) is 0 Å². The molecule has 0 aromatic heterocycles. The van der Waals surface area contributed by atoms with Crippen LogP contribution in [0.15, 0.2) is 0 Å². The van der Waals surface area contributed by atoms with Gasteiger partial charge in [-0.1, -0.05) is 13.8 Å². The third kappa shape index (κ3) is 3.49. The van der Waals surface area contributed by atoms with E-state index in [1.165, 1.54) is 0 Å². The fourth-order valence-corrected chi connectivity index (χ4v) is 2.20. The van der Waals surface area contributed by atoms with E-state index in [-0.39, 0.29) is 11.8 Å². The third-order valence-corrected chi connectivity index (χ3v) is 3.45. The first-order valence-electron chi connectivity index (χ1n) is 6.22. The van der Waals surface area contributed by atoms with Crippen LogP contribution in [0.3, 0.4) is 0 Å². The fraction of sp³-hybridized carbons (Fsp3) is 0.917. The van der Waals surface area contributed by atoms with E-state index >= 15 is 0 Å². The molecule has 88 valence electrons. The highest BCUT2D eigenvalue weighted by Gasteiger charge is 2.24. The molecule has 1 aliphatic heterocycles. The second kappa shape index (κ2) is 6.11. The molecule has 2 unspecified atom stereocenters. The zero-order valence-corrected chi connectivity index (χ0v) is 10.2. The van der Waals surface area contributed by atoms with Crippen molar-refractivity contribution >= 4 is 5.91 Å². The van der Waals surface area contributed by atoms with E-state index in [2.05, 4.69) is 31.4 Å². The molecule has 15 heavy (non-hydrogen) atoms. The highest BCUT2D eigenvalue weighted by atomic mass is 16.1. The maximum absolute atomic E-state index is 11.9. The predicted octanol–water partition coefficient (Wildman–Crippen LogP) is 1.68. The number of piperidine rings is 1. The van der Waals surface area contributed by atoms with Gasteiger partial charge in [0, 0.05) is 18.0 Å². The molecule has 1 amide bonds. The van der Waals surface area contributed by atoms with Crippen LogP contribution >= 0.6 is 0 Å². The minimum Gasteiger partial charge on any atom is -0.352 e. The fourth-order valence-electron chi connectivity index (χ4n) is 2.20. The van der Waals surface area contributed by atoms with Gasteiger partial charge < -0.3 is 10.6 Å². The summed E-state index contributed by atoms with van der Waals surface area (Å²) in [5.41, 5.74) is 0. The lowest BCUT2D eigenvalue weighted by atomic mass is 9.97. The molecular formula is C12H24N2O. The molecule has 0 saturated carbocycles. The van der Waals surface area contributed by atoms with Gasteiger partial charge >= 0.3 is 0 Å². The van der Waals surface area contributed by atoms with Crippen LogP contribution < -0.4 is 10.6 Å². The molecule has 0 spiro atoms. The van der Waals surface area contributed by atoms with E-state index < -0.39 is 0 Å². The molecule has 1 fully saturated rings. The summed E-state index contributed by atoms with van der Waals surface area (Å²) in [6.07, 6.45) is 4.16. The van der Waals surface area contributed by atoms with E-state index in [1.54, 1.807) is 0 Å². The van der Waals surface area contributed by atoms with Crippen LogP contribution in [0, 0.1) is 5.92 Å². The lowest BCUT2D eigenvalue weighted by Gasteiger charge is -2.31. The molecule has 1 heterocycles. The molecule has 0 radical (unpaired) electrons. The Bertz CT molecular complexity index is 202. The normalized spacial score (nSPS) is 26.7. The van der Waals surface area contributed by atoms with Gasteiger partial charge in [-0.2, -0.15) is 0 Å². The predicted molar refractivity (Wildman–Crippen MR) is 62.7 cm³/mol. The number of nitrogens with one attached hydrogen (secondary N) is 2. The summed E-state index contributed by atoms with van der Waals surface area (Å²) in [5, 5.41) is 6.57. The van der Waals surface area contributed by atoms with Crippen molar-refractivity contribution in [1.29, 1.82) is 0 Å². The highest BCUT2D eigenvalue weighted by molar-refractivity contribution is 5.78. The molecule has 0 aliphatic carbocycles. The van der Waals surface area contributed by atoms with Crippen LogP contribution in [-0.2, 0) is 4.79 Å². The summed E-state index contributed by atoms with van der Waals surface area (Å²) in [6.45, 7) is 7.39. The van der Waals surface area contributed by atoms with Gasteiger partial charge in [0.25, 0.3) is 0 Å². The Morgan fingerprint density at radius 3 is 2.67 bits per heavy atom. The summed E-state index contributed by atoms with van der Waals surface area (Å²) < 4.78 is 0. The third-order valence-electron chi connectivity index (χ3n) is 3.45. The van der Waals surface area contributed by atoms with Gasteiger partial charge in [-0.3, -0.25) is 4.79 Å². The zero-order chi connectivity index (χ0) is 11.3. The van der Waals surface area contributed by atoms with Crippen molar-refractivity contribution in [1.82, 2.24) is 10.6 Å². The van der Waals surface area contributed by atoms with Crippen molar-refractivity contribution in [3.63, 3.8) is 0 Å². The molecule has 3 heteroatoms. The van der Waals surface area contributed by atoms with Crippen molar-refractivity contribution in [2.24, 2.45) is 5.92 Å². The Morgan fingerprint density at radius 2 is 2.13 bits per heavy atom. The molecule has 3 nitrogen and oxygen atoms in total. The number of hydrogen-bond donors (Lipinski definition) is 2. The van der Waals surface area contributed by atoms with Crippen molar-refractivity contribution in [3.8, 4) is 0 Å². The first-order valence-corrected chi connectivity index (χ1v) is 6.22. The molecular weight excluding hydrogens is 188 g/mol. The lowest BCUT2D eigenvalue weighted by molar-refractivity contribution is -0.126. The molecule has 0 aromatic carbocycles. The number of carbonyl (C=O) groups excluding carboxylic acids is 1. The summed E-state index contributed by atoms with van der Waals surface area (Å²) in [6, 6.07) is 0.740. The Hall–Kier alpha value is -0.570. The minimum absolute atomic E-state index is 0.194. The van der Waals surface area contributed by atoms with E-state index in [1.807, 2.05) is 0 Å². The average molecular weight is 212 g/mol. The van der Waals surface area contributed by atoms with Gasteiger partial charge in [0.1, 0.15) is 0 Å². The molecule has 1 saturated heterocycles. The molecule has 2 N–H and O–H groups in total. The maximum Gasteiger partial charge on any atom is 0.223 e. The quantitative estimate of drug-likeness (QED) is 0.744. The van der Waals surface area contributed by atoms with E-state index in [0.717, 1.165) is 32.2 Å².